The van der Waals surface area contributed by atoms with E-state index >= 15 is 0 Å². The van der Waals surface area contributed by atoms with Gasteiger partial charge in [0.1, 0.15) is 4.91 Å². The topological polar surface area (TPSA) is 80.7 Å². The molecule has 0 aliphatic heterocycles. The highest BCUT2D eigenvalue weighted by Crippen LogP contribution is 2.32. The number of carboxylic acid groups (broad SMARTS) is 1. The summed E-state index contributed by atoms with van der Waals surface area (Å²) in [6, 6.07) is 8.21. The third kappa shape index (κ3) is 4.01. The number of hydrogen-bond acceptors (Lipinski definition) is 4. The molecule has 0 aromatic heterocycles. The molecule has 0 aliphatic rings. The molecule has 21 heavy (non-hydrogen) atoms. The summed E-state index contributed by atoms with van der Waals surface area (Å²) in [6.07, 6.45) is 0. The van der Waals surface area contributed by atoms with E-state index in [0.29, 0.717) is 4.90 Å². The van der Waals surface area contributed by atoms with Crippen LogP contribution in [0.5, 0.6) is 0 Å². The van der Waals surface area contributed by atoms with Crippen molar-refractivity contribution in [1.82, 2.24) is 0 Å². The van der Waals surface area contributed by atoms with E-state index in [4.69, 9.17) is 0 Å². The van der Waals surface area contributed by atoms with Gasteiger partial charge in [0, 0.05) is 4.90 Å². The Morgan fingerprint density at radius 1 is 1.14 bits per heavy atom. The summed E-state index contributed by atoms with van der Waals surface area (Å²) in [7, 11) is -0.792. The number of carbonyl (C=O) groups excluding carboxylic acids is 1. The average Bonchev–Trinajstić information content (AvgIpc) is 2.42. The molecule has 0 bridgehead atoms. The number of carboxylic acids is 1. The lowest BCUT2D eigenvalue weighted by Crippen LogP contribution is -2.25. The molecule has 0 amide bonds. The molecular formula is C15H18O5S. The van der Waals surface area contributed by atoms with Crippen LogP contribution in [0.2, 0.25) is 0 Å². The van der Waals surface area contributed by atoms with Crippen molar-refractivity contribution in [2.45, 2.75) is 25.7 Å². The molecule has 0 saturated heterocycles. The maximum absolute atomic E-state index is 12.6. The number of ether oxygens (including phenoxy) is 1. The lowest BCUT2D eigenvalue weighted by molar-refractivity contribution is -0.138. The van der Waals surface area contributed by atoms with E-state index in [0.717, 1.165) is 7.11 Å². The van der Waals surface area contributed by atoms with E-state index in [-0.39, 0.29) is 10.5 Å². The Morgan fingerprint density at radius 2 is 1.67 bits per heavy atom. The number of carbonyl (C=O) groups is 2. The summed E-state index contributed by atoms with van der Waals surface area (Å²) in [5, 5.41) is 9.42. The first kappa shape index (κ1) is 17.1. The zero-order valence-corrected chi connectivity index (χ0v) is 13.2. The molecule has 5 nitrogen and oxygen atoms in total. The fourth-order valence-corrected chi connectivity index (χ4v) is 3.24. The number of hydrogen-bond donors (Lipinski definition) is 1. The van der Waals surface area contributed by atoms with E-state index in [1.54, 1.807) is 51.1 Å². The SMILES string of the molecule is COC(=O)/C(=C(\C(=O)O)C(C)(C)C)S(=O)c1ccccc1. The molecule has 0 radical (unpaired) electrons. The van der Waals surface area contributed by atoms with Gasteiger partial charge in [-0.05, 0) is 17.5 Å². The highest BCUT2D eigenvalue weighted by atomic mass is 32.2. The van der Waals surface area contributed by atoms with Gasteiger partial charge in [-0.1, -0.05) is 39.0 Å². The molecule has 114 valence electrons. The lowest BCUT2D eigenvalue weighted by atomic mass is 9.86. The van der Waals surface area contributed by atoms with E-state index in [9.17, 15) is 18.9 Å². The number of aliphatic carboxylic acids is 1. The molecule has 1 unspecified atom stereocenters. The van der Waals surface area contributed by atoms with Gasteiger partial charge in [-0.25, -0.2) is 13.8 Å². The van der Waals surface area contributed by atoms with E-state index in [1.807, 2.05) is 0 Å². The van der Waals surface area contributed by atoms with Crippen molar-refractivity contribution in [3.8, 4) is 0 Å². The van der Waals surface area contributed by atoms with Crippen molar-refractivity contribution < 1.29 is 23.6 Å². The molecule has 0 heterocycles. The Balaban J connectivity index is 3.59. The fraction of sp³-hybridized carbons (Fsp3) is 0.333. The van der Waals surface area contributed by atoms with Crippen molar-refractivity contribution in [2.24, 2.45) is 5.41 Å². The zero-order valence-electron chi connectivity index (χ0n) is 12.4. The quantitative estimate of drug-likeness (QED) is 0.682. The van der Waals surface area contributed by atoms with Crippen LogP contribution in [0.4, 0.5) is 0 Å². The Kier molecular flexibility index (Phi) is 5.43. The summed E-state index contributed by atoms with van der Waals surface area (Å²) in [5.41, 5.74) is -1.07. The normalized spacial score (nSPS) is 14.1. The molecule has 1 atom stereocenters. The standard InChI is InChI=1S/C15H18O5S/c1-15(2,3)11(13(16)17)12(14(18)20-4)21(19)10-8-6-5-7-9-10/h5-9H,1-4H3,(H,16,17)/b12-11-. The molecule has 1 rings (SSSR count). The second-order valence-corrected chi connectivity index (χ2v) is 6.75. The fourth-order valence-electron chi connectivity index (χ4n) is 1.78. The van der Waals surface area contributed by atoms with E-state index < -0.39 is 28.2 Å². The minimum atomic E-state index is -1.92. The van der Waals surface area contributed by atoms with Crippen LogP contribution in [-0.2, 0) is 25.1 Å². The van der Waals surface area contributed by atoms with Crippen LogP contribution in [0.15, 0.2) is 45.7 Å². The van der Waals surface area contributed by atoms with E-state index in [2.05, 4.69) is 4.74 Å². The van der Waals surface area contributed by atoms with Crippen molar-refractivity contribution in [2.75, 3.05) is 7.11 Å². The van der Waals surface area contributed by atoms with Gasteiger partial charge < -0.3 is 9.84 Å². The first-order valence-electron chi connectivity index (χ1n) is 6.23. The summed E-state index contributed by atoms with van der Waals surface area (Å²) in [4.78, 5) is 23.5. The van der Waals surface area contributed by atoms with Crippen LogP contribution in [0, 0.1) is 5.41 Å². The molecule has 1 aromatic rings. The van der Waals surface area contributed by atoms with Crippen LogP contribution in [0.1, 0.15) is 20.8 Å². The average molecular weight is 310 g/mol. The Bertz CT molecular complexity index is 596. The van der Waals surface area contributed by atoms with Crippen molar-refractivity contribution in [1.29, 1.82) is 0 Å². The van der Waals surface area contributed by atoms with Crippen LogP contribution >= 0.6 is 0 Å². The van der Waals surface area contributed by atoms with Crippen molar-refractivity contribution in [3.63, 3.8) is 0 Å². The van der Waals surface area contributed by atoms with Crippen LogP contribution in [0.3, 0.4) is 0 Å². The van der Waals surface area contributed by atoms with Gasteiger partial charge in [0.2, 0.25) is 0 Å². The Hall–Kier alpha value is -1.95. The van der Waals surface area contributed by atoms with E-state index in [1.165, 1.54) is 0 Å². The van der Waals surface area contributed by atoms with Gasteiger partial charge in [0.15, 0.2) is 0 Å². The highest BCUT2D eigenvalue weighted by Gasteiger charge is 2.34. The summed E-state index contributed by atoms with van der Waals surface area (Å²) >= 11 is 0. The van der Waals surface area contributed by atoms with Crippen LogP contribution in [0.25, 0.3) is 0 Å². The molecule has 0 saturated carbocycles. The zero-order chi connectivity index (χ0) is 16.2. The molecule has 6 heteroatoms. The Labute approximate surface area is 126 Å². The molecular weight excluding hydrogens is 292 g/mol. The minimum absolute atomic E-state index is 0.212. The van der Waals surface area contributed by atoms with Gasteiger partial charge in [0.05, 0.1) is 23.5 Å². The predicted molar refractivity (Wildman–Crippen MR) is 79.0 cm³/mol. The molecule has 0 fully saturated rings. The van der Waals surface area contributed by atoms with Crippen LogP contribution < -0.4 is 0 Å². The van der Waals surface area contributed by atoms with Crippen molar-refractivity contribution >= 4 is 22.7 Å². The molecule has 1 aromatic carbocycles. The second-order valence-electron chi connectivity index (χ2n) is 5.33. The predicted octanol–water partition coefficient (Wildman–Crippen LogP) is 2.35. The maximum Gasteiger partial charge on any atom is 0.347 e. The minimum Gasteiger partial charge on any atom is -0.478 e. The monoisotopic (exact) mass is 310 g/mol. The number of rotatable bonds is 4. The Morgan fingerprint density at radius 3 is 2.05 bits per heavy atom. The third-order valence-electron chi connectivity index (χ3n) is 2.70. The van der Waals surface area contributed by atoms with Gasteiger partial charge in [-0.15, -0.1) is 0 Å². The summed E-state index contributed by atoms with van der Waals surface area (Å²) in [6.45, 7) is 4.92. The van der Waals surface area contributed by atoms with Gasteiger partial charge >= 0.3 is 11.9 Å². The lowest BCUT2D eigenvalue weighted by Gasteiger charge is -2.22. The smallest absolute Gasteiger partial charge is 0.347 e. The number of benzene rings is 1. The van der Waals surface area contributed by atoms with Gasteiger partial charge in [-0.3, -0.25) is 0 Å². The first-order chi connectivity index (χ1) is 9.70. The molecule has 0 aliphatic carbocycles. The van der Waals surface area contributed by atoms with Gasteiger partial charge in [0.25, 0.3) is 0 Å². The van der Waals surface area contributed by atoms with Gasteiger partial charge in [-0.2, -0.15) is 0 Å². The largest absolute Gasteiger partial charge is 0.478 e. The number of esters is 1. The molecule has 0 spiro atoms. The molecule has 1 N–H and O–H groups in total. The third-order valence-corrected chi connectivity index (χ3v) is 4.15. The first-order valence-corrected chi connectivity index (χ1v) is 7.38. The van der Waals surface area contributed by atoms with Crippen molar-refractivity contribution in [3.05, 3.63) is 40.8 Å². The number of methoxy groups -OCH3 is 1. The summed E-state index contributed by atoms with van der Waals surface area (Å²) < 4.78 is 17.3. The maximum atomic E-state index is 12.6. The second kappa shape index (κ2) is 6.67. The summed E-state index contributed by atoms with van der Waals surface area (Å²) in [5.74, 6) is -2.18. The van der Waals surface area contributed by atoms with Crippen LogP contribution in [-0.4, -0.2) is 28.4 Å². The highest BCUT2D eigenvalue weighted by molar-refractivity contribution is 7.90.